The molecule has 1 aliphatic heterocycles. The van der Waals surface area contributed by atoms with Crippen LogP contribution in [-0.4, -0.2) is 42.2 Å². The zero-order chi connectivity index (χ0) is 25.9. The van der Waals surface area contributed by atoms with E-state index in [2.05, 4.69) is 4.98 Å². The van der Waals surface area contributed by atoms with Gasteiger partial charge in [0.05, 0.1) is 11.1 Å². The van der Waals surface area contributed by atoms with Crippen LogP contribution in [0, 0.1) is 0 Å². The first-order valence-electron chi connectivity index (χ1n) is 10.7. The molecule has 0 saturated carbocycles. The average Bonchev–Trinajstić information content (AvgIpc) is 2.85. The van der Waals surface area contributed by atoms with Crippen LogP contribution in [0.5, 0.6) is 17.4 Å². The molecule has 0 spiro atoms. The van der Waals surface area contributed by atoms with Crippen LogP contribution in [0.3, 0.4) is 0 Å². The minimum atomic E-state index is -4.50. The lowest BCUT2D eigenvalue weighted by Crippen LogP contribution is -2.49. The molecule has 0 bridgehead atoms. The van der Waals surface area contributed by atoms with Gasteiger partial charge in [0.1, 0.15) is 11.5 Å². The van der Waals surface area contributed by atoms with Gasteiger partial charge in [-0.3, -0.25) is 0 Å². The van der Waals surface area contributed by atoms with Crippen LogP contribution in [0.25, 0.3) is 0 Å². The number of carbonyl (C=O) groups is 1. The van der Waals surface area contributed by atoms with Crippen LogP contribution >= 0.6 is 0 Å². The van der Waals surface area contributed by atoms with Gasteiger partial charge in [-0.15, -0.1) is 0 Å². The summed E-state index contributed by atoms with van der Waals surface area (Å²) in [4.78, 5) is 19.3. The summed E-state index contributed by atoms with van der Waals surface area (Å²) in [6.45, 7) is 1.19. The molecule has 0 radical (unpaired) electrons. The van der Waals surface area contributed by atoms with E-state index in [1.165, 1.54) is 35.2 Å². The number of hydrogen-bond acceptors (Lipinski definition) is 5. The largest absolute Gasteiger partial charge is 0.439 e. The normalized spacial score (nSPS) is 14.5. The Balaban J connectivity index is 1.29. The molecule has 4 rings (SSSR count). The summed E-state index contributed by atoms with van der Waals surface area (Å²) in [5.41, 5.74) is -1.20. The molecule has 1 aromatic heterocycles. The average molecular weight is 511 g/mol. The van der Waals surface area contributed by atoms with E-state index in [0.717, 1.165) is 24.3 Å². The van der Waals surface area contributed by atoms with Gasteiger partial charge in [0.2, 0.25) is 5.88 Å². The molecule has 190 valence electrons. The molecule has 0 aliphatic carbocycles. The maximum absolute atomic E-state index is 13.0. The van der Waals surface area contributed by atoms with E-state index in [1.54, 1.807) is 11.0 Å². The fraction of sp³-hybridized carbons (Fsp3) is 0.250. The molecule has 1 fully saturated rings. The second-order valence-corrected chi connectivity index (χ2v) is 7.85. The van der Waals surface area contributed by atoms with Gasteiger partial charge >= 0.3 is 18.4 Å². The number of anilines is 1. The van der Waals surface area contributed by atoms with E-state index in [4.69, 9.17) is 9.47 Å². The maximum Gasteiger partial charge on any atom is 0.417 e. The highest BCUT2D eigenvalue weighted by atomic mass is 19.4. The molecule has 3 aromatic rings. The predicted molar refractivity (Wildman–Crippen MR) is 117 cm³/mol. The van der Waals surface area contributed by atoms with Gasteiger partial charge in [-0.2, -0.15) is 26.3 Å². The number of alkyl halides is 6. The van der Waals surface area contributed by atoms with Crippen molar-refractivity contribution in [2.75, 3.05) is 31.1 Å². The van der Waals surface area contributed by atoms with Crippen molar-refractivity contribution in [3.05, 3.63) is 78.0 Å². The van der Waals surface area contributed by atoms with Gasteiger partial charge < -0.3 is 19.3 Å². The summed E-state index contributed by atoms with van der Waals surface area (Å²) in [5, 5.41) is 0. The minimum absolute atomic E-state index is 0.0358. The van der Waals surface area contributed by atoms with Crippen molar-refractivity contribution < 1.29 is 40.6 Å². The monoisotopic (exact) mass is 511 g/mol. The number of rotatable bonds is 4. The van der Waals surface area contributed by atoms with Crippen molar-refractivity contribution in [2.24, 2.45) is 0 Å². The number of halogens is 6. The van der Waals surface area contributed by atoms with Crippen LogP contribution in [0.15, 0.2) is 66.9 Å². The lowest BCUT2D eigenvalue weighted by Gasteiger charge is -2.35. The highest BCUT2D eigenvalue weighted by Crippen LogP contribution is 2.32. The summed E-state index contributed by atoms with van der Waals surface area (Å²) >= 11 is 0. The number of aromatic nitrogens is 1. The number of hydrogen-bond donors (Lipinski definition) is 0. The zero-order valence-corrected chi connectivity index (χ0v) is 18.5. The van der Waals surface area contributed by atoms with Gasteiger partial charge in [-0.1, -0.05) is 6.07 Å². The van der Waals surface area contributed by atoms with E-state index in [9.17, 15) is 31.1 Å². The number of amides is 1. The number of pyridine rings is 1. The van der Waals surface area contributed by atoms with Gasteiger partial charge in [-0.05, 0) is 48.5 Å². The molecular weight excluding hydrogens is 492 g/mol. The number of ether oxygens (including phenoxy) is 2. The Morgan fingerprint density at radius 3 is 2.00 bits per heavy atom. The van der Waals surface area contributed by atoms with E-state index in [1.807, 2.05) is 0 Å². The Kier molecular flexibility index (Phi) is 6.95. The van der Waals surface area contributed by atoms with Crippen LogP contribution in [-0.2, 0) is 12.4 Å². The Bertz CT molecular complexity index is 1190. The van der Waals surface area contributed by atoms with Gasteiger partial charge in [-0.25, -0.2) is 9.78 Å². The molecule has 6 nitrogen and oxygen atoms in total. The molecule has 0 atom stereocenters. The van der Waals surface area contributed by atoms with E-state index < -0.39 is 29.6 Å². The predicted octanol–water partition coefficient (Wildman–Crippen LogP) is 6.23. The number of carbonyl (C=O) groups excluding carboxylic acids is 1. The van der Waals surface area contributed by atoms with Crippen molar-refractivity contribution in [3.63, 3.8) is 0 Å². The second-order valence-electron chi connectivity index (χ2n) is 7.85. The van der Waals surface area contributed by atoms with E-state index >= 15 is 0 Å². The number of nitrogens with zero attached hydrogens (tertiary/aromatic N) is 3. The maximum atomic E-state index is 13.0. The first kappa shape index (κ1) is 25.1. The first-order chi connectivity index (χ1) is 17.0. The highest BCUT2D eigenvalue weighted by molar-refractivity contribution is 5.71. The Morgan fingerprint density at radius 1 is 0.778 bits per heavy atom. The molecule has 2 heterocycles. The highest BCUT2D eigenvalue weighted by Gasteiger charge is 2.32. The van der Waals surface area contributed by atoms with Crippen molar-refractivity contribution in [1.82, 2.24) is 9.88 Å². The van der Waals surface area contributed by atoms with Crippen LogP contribution in [0.4, 0.5) is 36.8 Å². The lowest BCUT2D eigenvalue weighted by atomic mass is 10.1. The van der Waals surface area contributed by atoms with Gasteiger partial charge in [0.25, 0.3) is 0 Å². The van der Waals surface area contributed by atoms with Crippen molar-refractivity contribution >= 4 is 11.8 Å². The molecule has 1 saturated heterocycles. The van der Waals surface area contributed by atoms with Crippen molar-refractivity contribution in [3.8, 4) is 17.4 Å². The SMILES string of the molecule is O=C(Oc1ccc(Oc2ccc(C(F)(F)F)cn2)cc1)N1CCN(c2cccc(C(F)(F)F)c2)CC1. The third kappa shape index (κ3) is 6.18. The third-order valence-electron chi connectivity index (χ3n) is 5.39. The van der Waals surface area contributed by atoms with Crippen molar-refractivity contribution in [1.29, 1.82) is 0 Å². The molecular formula is C24H19F6N3O3. The smallest absolute Gasteiger partial charge is 0.417 e. The number of piperazine rings is 1. The van der Waals surface area contributed by atoms with Gasteiger partial charge in [0, 0.05) is 44.1 Å². The molecule has 0 unspecified atom stereocenters. The summed E-state index contributed by atoms with van der Waals surface area (Å²) in [6, 6.07) is 12.8. The summed E-state index contributed by atoms with van der Waals surface area (Å²) in [5.74, 6) is 0.455. The fourth-order valence-electron chi connectivity index (χ4n) is 3.50. The molecule has 12 heteroatoms. The van der Waals surface area contributed by atoms with Crippen LogP contribution in [0.1, 0.15) is 11.1 Å². The lowest BCUT2D eigenvalue weighted by molar-refractivity contribution is -0.138. The minimum Gasteiger partial charge on any atom is -0.439 e. The van der Waals surface area contributed by atoms with E-state index in [-0.39, 0.29) is 30.5 Å². The topological polar surface area (TPSA) is 54.9 Å². The van der Waals surface area contributed by atoms with Crippen molar-refractivity contribution in [2.45, 2.75) is 12.4 Å². The second kappa shape index (κ2) is 9.96. The first-order valence-corrected chi connectivity index (χ1v) is 10.7. The standard InChI is InChI=1S/C24H19F6N3O3/c25-23(26,27)16-2-1-3-18(14-16)32-10-12-33(13-11-32)22(34)36-20-7-5-19(6-8-20)35-21-9-4-17(15-31-21)24(28,29)30/h1-9,14-15H,10-13H2. The third-order valence-corrected chi connectivity index (χ3v) is 5.39. The fourth-order valence-corrected chi connectivity index (χ4v) is 3.50. The Hall–Kier alpha value is -3.96. The molecule has 2 aromatic carbocycles. The Labute approximate surface area is 201 Å². The molecule has 1 amide bonds. The quantitative estimate of drug-likeness (QED) is 0.389. The summed E-state index contributed by atoms with van der Waals surface area (Å²) in [6.07, 6.45) is -8.88. The summed E-state index contributed by atoms with van der Waals surface area (Å²) < 4.78 is 87.5. The van der Waals surface area contributed by atoms with Crippen LogP contribution < -0.4 is 14.4 Å². The van der Waals surface area contributed by atoms with Crippen LogP contribution in [0.2, 0.25) is 0 Å². The molecule has 0 N–H and O–H groups in total. The number of benzene rings is 2. The summed E-state index contributed by atoms with van der Waals surface area (Å²) in [7, 11) is 0. The van der Waals surface area contributed by atoms with E-state index in [0.29, 0.717) is 25.0 Å². The zero-order valence-electron chi connectivity index (χ0n) is 18.5. The Morgan fingerprint density at radius 2 is 1.42 bits per heavy atom. The molecule has 36 heavy (non-hydrogen) atoms. The molecule has 1 aliphatic rings. The van der Waals surface area contributed by atoms with Gasteiger partial charge in [0.15, 0.2) is 0 Å².